The first-order valence-electron chi connectivity index (χ1n) is 0. The van der Waals surface area contributed by atoms with Crippen LogP contribution in [0, 0.1) is 38.2 Å². The summed E-state index contributed by atoms with van der Waals surface area (Å²) >= 11 is 0. The van der Waals surface area contributed by atoms with Crippen LogP contribution in [0.3, 0.4) is 0 Å². The molecule has 6 heavy (non-hydrogen) atoms. The summed E-state index contributed by atoms with van der Waals surface area (Å²) in [4.78, 5) is 0. The molecule has 6 heteroatoms. The standard InChI is InChI=1S/Cs.Dy.4HI/h;;4*1H/q+1;+3;;;;/p-4. The molecule has 0 saturated carbocycles. The molecule has 0 saturated heterocycles. The monoisotopic (exact) mass is 804 g/mol. The molecule has 0 amide bonds. The van der Waals surface area contributed by atoms with Crippen molar-refractivity contribution in [3.63, 3.8) is 0 Å². The first-order chi connectivity index (χ1) is 0. The summed E-state index contributed by atoms with van der Waals surface area (Å²) in [5, 5.41) is 0. The summed E-state index contributed by atoms with van der Waals surface area (Å²) in [6.45, 7) is 0. The third-order valence-electron chi connectivity index (χ3n) is 0. The van der Waals surface area contributed by atoms with Gasteiger partial charge in [0.25, 0.3) is 0 Å². The van der Waals surface area contributed by atoms with Crippen molar-refractivity contribution in [1.82, 2.24) is 0 Å². The number of hydrogen-bond acceptors (Lipinski definition) is 0. The van der Waals surface area contributed by atoms with Gasteiger partial charge >= 0.3 is 107 Å². The van der Waals surface area contributed by atoms with E-state index in [-0.39, 0.29) is 203 Å². The summed E-state index contributed by atoms with van der Waals surface area (Å²) in [6, 6.07) is 0. The fourth-order valence-electron chi connectivity index (χ4n) is 0. The molecule has 0 aromatic carbocycles. The average molecular weight is 803 g/mol. The topological polar surface area (TPSA) is 0 Å². The maximum atomic E-state index is 0. The van der Waals surface area contributed by atoms with Gasteiger partial charge in [0, 0.05) is 0 Å². The van der Waals surface area contributed by atoms with Gasteiger partial charge in [0.05, 0.1) is 0 Å². The third kappa shape index (κ3) is 22.5. The summed E-state index contributed by atoms with van der Waals surface area (Å²) < 4.78 is 0. The van der Waals surface area contributed by atoms with E-state index in [0.717, 1.165) is 0 Å². The molecule has 0 rings (SSSR count). The van der Waals surface area contributed by atoms with Crippen molar-refractivity contribution in [3.8, 4) is 0 Å². The molecule has 0 aliphatic rings. The summed E-state index contributed by atoms with van der Waals surface area (Å²) in [6.07, 6.45) is 0. The van der Waals surface area contributed by atoms with Crippen molar-refractivity contribution in [3.05, 3.63) is 0 Å². The second-order valence-electron chi connectivity index (χ2n) is 0. The van der Waals surface area contributed by atoms with E-state index in [0.29, 0.717) is 0 Å². The average Bonchev–Trinajstić information content (AvgIpc) is 0. The van der Waals surface area contributed by atoms with Crippen molar-refractivity contribution >= 4 is 0 Å². The van der Waals surface area contributed by atoms with Crippen LogP contribution < -0.4 is 165 Å². The van der Waals surface area contributed by atoms with Gasteiger partial charge in [-0.05, 0) is 0 Å². The van der Waals surface area contributed by atoms with E-state index in [9.17, 15) is 0 Å². The van der Waals surface area contributed by atoms with Crippen molar-refractivity contribution in [2.24, 2.45) is 0 Å². The summed E-state index contributed by atoms with van der Waals surface area (Å²) in [5.41, 5.74) is 0. The quantitative estimate of drug-likeness (QED) is 0.214. The number of halogens is 4. The van der Waals surface area contributed by atoms with E-state index in [4.69, 9.17) is 0 Å². The predicted molar refractivity (Wildman–Crippen MR) is 0 cm³/mol. The van der Waals surface area contributed by atoms with Gasteiger partial charge < -0.3 is 95.9 Å². The number of rotatable bonds is 0. The Kier molecular flexibility index (Phi) is 200. The van der Waals surface area contributed by atoms with Gasteiger partial charge in [-0.25, -0.2) is 0 Å². The van der Waals surface area contributed by atoms with Crippen LogP contribution in [0.15, 0.2) is 0 Å². The fraction of sp³-hybridized carbons (Fsp3) is 0. The molecule has 0 fully saturated rings. The van der Waals surface area contributed by atoms with Gasteiger partial charge in [0.1, 0.15) is 0 Å². The first-order valence-corrected chi connectivity index (χ1v) is 0. The summed E-state index contributed by atoms with van der Waals surface area (Å²) in [7, 11) is 0. The van der Waals surface area contributed by atoms with Crippen LogP contribution in [0.4, 0.5) is 0 Å². The molecule has 39 valence electrons. The van der Waals surface area contributed by atoms with E-state index in [1.807, 2.05) is 0 Å². The fourth-order valence-corrected chi connectivity index (χ4v) is 0. The summed E-state index contributed by atoms with van der Waals surface area (Å²) in [5.74, 6) is 0. The molecule has 0 nitrogen and oxygen atoms in total. The second kappa shape index (κ2) is 30.3. The molecule has 0 N–H and O–H groups in total. The Balaban J connectivity index is 0. The van der Waals surface area contributed by atoms with Gasteiger partial charge in [-0.2, -0.15) is 0 Å². The maximum Gasteiger partial charge on any atom is 3.00 e. The molecular formula is CsDyI4. The SMILES string of the molecule is [Cs+].[Dy+3].[I-].[I-].[I-].[I-]. The van der Waals surface area contributed by atoms with Gasteiger partial charge in [-0.1, -0.05) is 0 Å². The number of hydrogen-bond donors (Lipinski definition) is 0. The molecule has 0 aliphatic heterocycles. The predicted octanol–water partition coefficient (Wildman–Crippen LogP) is -15.0. The van der Waals surface area contributed by atoms with E-state index < -0.39 is 0 Å². The van der Waals surface area contributed by atoms with E-state index in [2.05, 4.69) is 0 Å². The van der Waals surface area contributed by atoms with Gasteiger partial charge in [0.15, 0.2) is 0 Å². The third-order valence-corrected chi connectivity index (χ3v) is 0. The normalized spacial score (nSPS) is 0. The van der Waals surface area contributed by atoms with Crippen LogP contribution in [0.5, 0.6) is 0 Å². The van der Waals surface area contributed by atoms with E-state index >= 15 is 0 Å². The van der Waals surface area contributed by atoms with Crippen LogP contribution in [0.1, 0.15) is 0 Å². The first kappa shape index (κ1) is 39.7. The molecule has 1 radical (unpaired) electrons. The zero-order valence-electron chi connectivity index (χ0n) is 2.83. The van der Waals surface area contributed by atoms with Crippen molar-refractivity contribution in [2.45, 2.75) is 0 Å². The zero-order valence-corrected chi connectivity index (χ0v) is 19.8. The molecule has 0 spiro atoms. The largest absolute Gasteiger partial charge is 3.00 e. The molecule has 0 aliphatic carbocycles. The Morgan fingerprint density at radius 3 is 0.500 bits per heavy atom. The van der Waals surface area contributed by atoms with Crippen molar-refractivity contribution in [2.75, 3.05) is 0 Å². The van der Waals surface area contributed by atoms with Crippen LogP contribution in [0.25, 0.3) is 0 Å². The Hall–Kier alpha value is 6.24. The molecule has 0 bridgehead atoms. The van der Waals surface area contributed by atoms with Crippen LogP contribution in [-0.2, 0) is 0 Å². The van der Waals surface area contributed by atoms with Gasteiger partial charge in [-0.3, -0.25) is 0 Å². The Morgan fingerprint density at radius 1 is 0.500 bits per heavy atom. The molecule has 0 atom stereocenters. The van der Waals surface area contributed by atoms with E-state index in [1.54, 1.807) is 0 Å². The van der Waals surface area contributed by atoms with E-state index in [1.165, 1.54) is 0 Å². The molecule has 0 heterocycles. The zero-order chi connectivity index (χ0) is 0. The van der Waals surface area contributed by atoms with Gasteiger partial charge in [-0.15, -0.1) is 0 Å². The minimum absolute atomic E-state index is 0. The van der Waals surface area contributed by atoms with Crippen LogP contribution in [0.2, 0.25) is 0 Å². The van der Waals surface area contributed by atoms with Gasteiger partial charge in [0.2, 0.25) is 0 Å². The minimum Gasteiger partial charge on any atom is -1.00 e. The molecule has 0 unspecified atom stereocenters. The Labute approximate surface area is 196 Å². The minimum atomic E-state index is 0. The second-order valence-corrected chi connectivity index (χ2v) is 0. The van der Waals surface area contributed by atoms with Crippen molar-refractivity contribution < 1.29 is 203 Å². The van der Waals surface area contributed by atoms with Crippen LogP contribution in [-0.4, -0.2) is 0 Å². The smallest absolute Gasteiger partial charge is 1.00 e. The van der Waals surface area contributed by atoms with Crippen molar-refractivity contribution in [1.29, 1.82) is 0 Å². The van der Waals surface area contributed by atoms with Crippen LogP contribution >= 0.6 is 0 Å². The maximum absolute atomic E-state index is 0. The molecular weight excluding hydrogens is 803 g/mol. The molecule has 0 aromatic rings. The Morgan fingerprint density at radius 2 is 0.500 bits per heavy atom. The Bertz CT molecular complexity index is 7.51. The molecule has 0 aromatic heterocycles.